The summed E-state index contributed by atoms with van der Waals surface area (Å²) in [5, 5.41) is 9.12. The summed E-state index contributed by atoms with van der Waals surface area (Å²) in [5.41, 5.74) is 9.20. The van der Waals surface area contributed by atoms with Crippen LogP contribution >= 0.6 is 15.9 Å². The Bertz CT molecular complexity index is 1140. The van der Waals surface area contributed by atoms with E-state index in [-0.39, 0.29) is 12.5 Å². The highest BCUT2D eigenvalue weighted by molar-refractivity contribution is 9.10. The quantitative estimate of drug-likeness (QED) is 0.323. The van der Waals surface area contributed by atoms with E-state index in [1.165, 1.54) is 0 Å². The van der Waals surface area contributed by atoms with Gasteiger partial charge in [-0.15, -0.1) is 0 Å². The van der Waals surface area contributed by atoms with Gasteiger partial charge >= 0.3 is 0 Å². The Balaban J connectivity index is 1.74. The maximum Gasteiger partial charge on any atom is 0.237 e. The number of guanidine groups is 1. The first-order chi connectivity index (χ1) is 14.0. The number of halogens is 1. The summed E-state index contributed by atoms with van der Waals surface area (Å²) in [6.07, 6.45) is 1.74. The van der Waals surface area contributed by atoms with Gasteiger partial charge in [0.05, 0.1) is 13.7 Å². The Labute approximate surface area is 176 Å². The maximum absolute atomic E-state index is 8.12. The van der Waals surface area contributed by atoms with Crippen LogP contribution in [-0.2, 0) is 6.54 Å². The number of hydrogen-bond acceptors (Lipinski definition) is 4. The van der Waals surface area contributed by atoms with Crippen molar-refractivity contribution in [2.45, 2.75) is 6.54 Å². The van der Waals surface area contributed by atoms with Crippen LogP contribution in [0.25, 0.3) is 22.1 Å². The Morgan fingerprint density at radius 1 is 1.14 bits per heavy atom. The average Bonchev–Trinajstić information content (AvgIpc) is 3.14. The molecule has 6 nitrogen and oxygen atoms in total. The van der Waals surface area contributed by atoms with Gasteiger partial charge in [-0.25, -0.2) is 4.98 Å². The minimum Gasteiger partial charge on any atom is -0.480 e. The highest BCUT2D eigenvalue weighted by atomic mass is 79.9. The lowest BCUT2D eigenvalue weighted by Gasteiger charge is -2.23. The van der Waals surface area contributed by atoms with Crippen LogP contribution in [0.2, 0.25) is 0 Å². The number of pyridine rings is 1. The molecule has 4 aromatic rings. The lowest BCUT2D eigenvalue weighted by atomic mass is 10.1. The molecular formula is C22H19BrN4O2. The van der Waals surface area contributed by atoms with Crippen LogP contribution in [0, 0.1) is 5.41 Å². The average molecular weight is 451 g/mol. The zero-order chi connectivity index (χ0) is 20.4. The lowest BCUT2D eigenvalue weighted by Crippen LogP contribution is -2.36. The molecule has 0 amide bonds. The van der Waals surface area contributed by atoms with E-state index in [2.05, 4.69) is 20.9 Å². The van der Waals surface area contributed by atoms with Crippen LogP contribution in [0.15, 0.2) is 75.8 Å². The number of hydrogen-bond donors (Lipinski definition) is 2. The molecule has 0 aliphatic heterocycles. The van der Waals surface area contributed by atoms with Gasteiger partial charge in [0.15, 0.2) is 5.96 Å². The van der Waals surface area contributed by atoms with E-state index in [1.807, 2.05) is 60.7 Å². The zero-order valence-corrected chi connectivity index (χ0v) is 17.3. The predicted molar refractivity (Wildman–Crippen MR) is 118 cm³/mol. The lowest BCUT2D eigenvalue weighted by molar-refractivity contribution is 0.398. The van der Waals surface area contributed by atoms with E-state index < -0.39 is 0 Å². The van der Waals surface area contributed by atoms with E-state index in [0.717, 1.165) is 26.6 Å². The van der Waals surface area contributed by atoms with Gasteiger partial charge in [-0.05, 0) is 35.9 Å². The monoisotopic (exact) mass is 450 g/mol. The van der Waals surface area contributed by atoms with E-state index in [4.69, 9.17) is 20.3 Å². The summed E-state index contributed by atoms with van der Waals surface area (Å²) in [5.74, 6) is 0.952. The standard InChI is InChI=1S/C22H19BrN4O2/c1-28-21-19(11-16(12-26-21)14-6-8-17(23)9-7-14)27(22(24)25)13-18-10-15-4-2-3-5-20(15)29-18/h2-12H,13H2,1H3,(H3,24,25). The number of nitrogens with one attached hydrogen (secondary N) is 1. The zero-order valence-electron chi connectivity index (χ0n) is 15.7. The maximum atomic E-state index is 8.12. The molecule has 0 radical (unpaired) electrons. The molecule has 0 aliphatic carbocycles. The minimum atomic E-state index is -0.126. The molecule has 3 N–H and O–H groups in total. The van der Waals surface area contributed by atoms with Crippen molar-refractivity contribution >= 4 is 38.5 Å². The molecule has 0 saturated carbocycles. The molecule has 0 aliphatic rings. The van der Waals surface area contributed by atoms with Crippen LogP contribution in [0.5, 0.6) is 5.88 Å². The second-order valence-electron chi connectivity index (χ2n) is 6.48. The highest BCUT2D eigenvalue weighted by Crippen LogP contribution is 2.33. The third-order valence-electron chi connectivity index (χ3n) is 4.58. The molecule has 7 heteroatoms. The number of ether oxygens (including phenoxy) is 1. The van der Waals surface area contributed by atoms with E-state index >= 15 is 0 Å². The fraction of sp³-hybridized carbons (Fsp3) is 0.0909. The largest absolute Gasteiger partial charge is 0.480 e. The van der Waals surface area contributed by atoms with Gasteiger partial charge in [0.25, 0.3) is 0 Å². The van der Waals surface area contributed by atoms with Crippen LogP contribution in [0.4, 0.5) is 5.69 Å². The minimum absolute atomic E-state index is 0.126. The fourth-order valence-corrected chi connectivity index (χ4v) is 3.43. The molecule has 0 atom stereocenters. The third-order valence-corrected chi connectivity index (χ3v) is 5.10. The van der Waals surface area contributed by atoms with Gasteiger partial charge in [-0.1, -0.05) is 46.3 Å². The van der Waals surface area contributed by atoms with E-state index in [9.17, 15) is 0 Å². The second-order valence-corrected chi connectivity index (χ2v) is 7.40. The van der Waals surface area contributed by atoms with Crippen LogP contribution < -0.4 is 15.4 Å². The molecule has 0 fully saturated rings. The summed E-state index contributed by atoms with van der Waals surface area (Å²) in [6, 6.07) is 19.6. The first-order valence-corrected chi connectivity index (χ1v) is 9.73. The number of nitrogens with zero attached hydrogens (tertiary/aromatic N) is 2. The fourth-order valence-electron chi connectivity index (χ4n) is 3.16. The summed E-state index contributed by atoms with van der Waals surface area (Å²) < 4.78 is 12.3. The molecule has 0 unspecified atom stereocenters. The topological polar surface area (TPSA) is 88.4 Å². The SMILES string of the molecule is COc1ncc(-c2ccc(Br)cc2)cc1N(Cc1cc2ccccc2o1)C(=N)N. The van der Waals surface area contributed by atoms with Gasteiger partial charge < -0.3 is 19.8 Å². The van der Waals surface area contributed by atoms with E-state index in [0.29, 0.717) is 17.3 Å². The predicted octanol–water partition coefficient (Wildman–Crippen LogP) is 5.17. The third kappa shape index (κ3) is 3.95. The van der Waals surface area contributed by atoms with Crippen LogP contribution in [0.3, 0.4) is 0 Å². The molecule has 0 spiro atoms. The number of fused-ring (bicyclic) bond motifs is 1. The molecular weight excluding hydrogens is 432 g/mol. The molecule has 0 bridgehead atoms. The second kappa shape index (κ2) is 7.97. The van der Waals surface area contributed by atoms with Crippen molar-refractivity contribution in [2.75, 3.05) is 12.0 Å². The first-order valence-electron chi connectivity index (χ1n) is 8.94. The number of benzene rings is 2. The van der Waals surface area contributed by atoms with Gasteiger partial charge in [0, 0.05) is 21.6 Å². The Hall–Kier alpha value is -3.32. The number of aromatic nitrogens is 1. The molecule has 2 aromatic carbocycles. The van der Waals surface area contributed by atoms with Gasteiger partial charge in [-0.2, -0.15) is 0 Å². The van der Waals surface area contributed by atoms with Gasteiger partial charge in [0.1, 0.15) is 17.0 Å². The summed E-state index contributed by atoms with van der Waals surface area (Å²) in [4.78, 5) is 6.04. The Kier molecular flexibility index (Phi) is 5.22. The normalized spacial score (nSPS) is 10.8. The molecule has 0 saturated heterocycles. The Morgan fingerprint density at radius 2 is 1.90 bits per heavy atom. The number of rotatable bonds is 5. The number of nitrogens with two attached hydrogens (primary N) is 1. The van der Waals surface area contributed by atoms with Crippen molar-refractivity contribution < 1.29 is 9.15 Å². The van der Waals surface area contributed by atoms with Crippen molar-refractivity contribution in [3.63, 3.8) is 0 Å². The van der Waals surface area contributed by atoms with Crippen molar-refractivity contribution in [1.82, 2.24) is 4.98 Å². The molecule has 146 valence electrons. The molecule has 2 aromatic heterocycles. The number of methoxy groups -OCH3 is 1. The van der Waals surface area contributed by atoms with Crippen molar-refractivity contribution in [2.24, 2.45) is 5.73 Å². The van der Waals surface area contributed by atoms with E-state index in [1.54, 1.807) is 18.2 Å². The Morgan fingerprint density at radius 3 is 2.59 bits per heavy atom. The smallest absolute Gasteiger partial charge is 0.237 e. The van der Waals surface area contributed by atoms with Gasteiger partial charge in [0.2, 0.25) is 5.88 Å². The summed E-state index contributed by atoms with van der Waals surface area (Å²) in [6.45, 7) is 0.284. The summed E-state index contributed by atoms with van der Waals surface area (Å²) in [7, 11) is 1.55. The molecule has 29 heavy (non-hydrogen) atoms. The number of furan rings is 1. The van der Waals surface area contributed by atoms with Crippen LogP contribution in [0.1, 0.15) is 5.76 Å². The molecule has 4 rings (SSSR count). The number of anilines is 1. The van der Waals surface area contributed by atoms with Crippen molar-refractivity contribution in [1.29, 1.82) is 5.41 Å². The molecule has 2 heterocycles. The van der Waals surface area contributed by atoms with Crippen molar-refractivity contribution in [3.8, 4) is 17.0 Å². The summed E-state index contributed by atoms with van der Waals surface area (Å²) >= 11 is 3.45. The van der Waals surface area contributed by atoms with Crippen molar-refractivity contribution in [3.05, 3.63) is 77.1 Å². The first kappa shape index (κ1) is 19.0. The number of para-hydroxylation sites is 1. The van der Waals surface area contributed by atoms with Crippen LogP contribution in [-0.4, -0.2) is 18.1 Å². The highest BCUT2D eigenvalue weighted by Gasteiger charge is 2.19. The van der Waals surface area contributed by atoms with Gasteiger partial charge in [-0.3, -0.25) is 5.41 Å².